The lowest BCUT2D eigenvalue weighted by Gasteiger charge is -2.35. The third-order valence-electron chi connectivity index (χ3n) is 5.07. The summed E-state index contributed by atoms with van der Waals surface area (Å²) in [6, 6.07) is 21.6. The molecular weight excluding hydrogens is 324 g/mol. The number of phenolic OH excluding ortho intramolecular Hbond substituents is 1. The van der Waals surface area contributed by atoms with Gasteiger partial charge in [0.2, 0.25) is 0 Å². The summed E-state index contributed by atoms with van der Waals surface area (Å²) in [6.45, 7) is 3.92. The van der Waals surface area contributed by atoms with Crippen molar-refractivity contribution in [2.45, 2.75) is 6.54 Å². The van der Waals surface area contributed by atoms with Gasteiger partial charge < -0.3 is 10.0 Å². The van der Waals surface area contributed by atoms with Crippen LogP contribution in [0.15, 0.2) is 66.7 Å². The van der Waals surface area contributed by atoms with E-state index in [4.69, 9.17) is 0 Å². The highest BCUT2D eigenvalue weighted by atomic mass is 16.3. The molecule has 0 spiro atoms. The molecule has 1 heterocycles. The van der Waals surface area contributed by atoms with Gasteiger partial charge in [0.05, 0.1) is 5.56 Å². The molecule has 0 saturated carbocycles. The van der Waals surface area contributed by atoms with Gasteiger partial charge >= 0.3 is 0 Å². The standard InChI is InChI=1S/C22H22N2O2/c25-21-11-4-3-10-20(21)22(26)24-14-12-23(13-15-24)16-18-8-5-7-17-6-1-2-9-19(17)18/h1-11,25H,12-16H2. The molecule has 1 N–H and O–H groups in total. The van der Waals surface area contributed by atoms with E-state index in [-0.39, 0.29) is 11.7 Å². The summed E-state index contributed by atoms with van der Waals surface area (Å²) in [4.78, 5) is 16.8. The van der Waals surface area contributed by atoms with Crippen molar-refractivity contribution in [2.24, 2.45) is 0 Å². The number of rotatable bonds is 3. The number of hydrogen-bond donors (Lipinski definition) is 1. The Morgan fingerprint density at radius 2 is 1.54 bits per heavy atom. The van der Waals surface area contributed by atoms with Crippen molar-refractivity contribution in [3.8, 4) is 5.75 Å². The van der Waals surface area contributed by atoms with Gasteiger partial charge in [-0.1, -0.05) is 54.6 Å². The SMILES string of the molecule is O=C(c1ccccc1O)N1CCN(Cc2cccc3ccccc23)CC1. The van der Waals surface area contributed by atoms with Crippen LogP contribution in [0.2, 0.25) is 0 Å². The van der Waals surface area contributed by atoms with Crippen molar-refractivity contribution >= 4 is 16.7 Å². The first kappa shape index (κ1) is 16.6. The Morgan fingerprint density at radius 3 is 2.35 bits per heavy atom. The number of carbonyl (C=O) groups is 1. The Kier molecular flexibility index (Phi) is 4.59. The zero-order valence-electron chi connectivity index (χ0n) is 14.6. The van der Waals surface area contributed by atoms with Gasteiger partial charge in [0, 0.05) is 32.7 Å². The van der Waals surface area contributed by atoms with Gasteiger partial charge in [-0.25, -0.2) is 0 Å². The van der Waals surface area contributed by atoms with Crippen LogP contribution in [-0.4, -0.2) is 47.0 Å². The van der Waals surface area contributed by atoms with E-state index in [0.29, 0.717) is 18.7 Å². The normalized spacial score (nSPS) is 15.3. The first-order valence-corrected chi connectivity index (χ1v) is 8.98. The number of aromatic hydroxyl groups is 1. The van der Waals surface area contributed by atoms with Crippen LogP contribution in [0.5, 0.6) is 5.75 Å². The van der Waals surface area contributed by atoms with Gasteiger partial charge in [-0.2, -0.15) is 0 Å². The molecule has 0 aliphatic carbocycles. The van der Waals surface area contributed by atoms with Gasteiger partial charge in [0.1, 0.15) is 5.75 Å². The average molecular weight is 346 g/mol. The van der Waals surface area contributed by atoms with Crippen LogP contribution in [-0.2, 0) is 6.54 Å². The van der Waals surface area contributed by atoms with Crippen molar-refractivity contribution in [1.82, 2.24) is 9.80 Å². The number of phenols is 1. The van der Waals surface area contributed by atoms with E-state index < -0.39 is 0 Å². The molecule has 0 unspecified atom stereocenters. The zero-order chi connectivity index (χ0) is 17.9. The fourth-order valence-corrected chi connectivity index (χ4v) is 3.61. The maximum absolute atomic E-state index is 12.6. The summed E-state index contributed by atoms with van der Waals surface area (Å²) in [5.41, 5.74) is 1.71. The summed E-state index contributed by atoms with van der Waals surface area (Å²) in [5.74, 6) is -0.0383. The molecule has 132 valence electrons. The fraction of sp³-hybridized carbons (Fsp3) is 0.227. The minimum Gasteiger partial charge on any atom is -0.507 e. The van der Waals surface area contributed by atoms with Gasteiger partial charge in [0.15, 0.2) is 0 Å². The second-order valence-corrected chi connectivity index (χ2v) is 6.72. The summed E-state index contributed by atoms with van der Waals surface area (Å²) < 4.78 is 0. The Balaban J connectivity index is 1.42. The number of carbonyl (C=O) groups excluding carboxylic acids is 1. The third-order valence-corrected chi connectivity index (χ3v) is 5.07. The van der Waals surface area contributed by atoms with Crippen molar-refractivity contribution in [3.05, 3.63) is 77.9 Å². The average Bonchev–Trinajstić information content (AvgIpc) is 2.69. The maximum atomic E-state index is 12.6. The van der Waals surface area contributed by atoms with Crippen molar-refractivity contribution in [3.63, 3.8) is 0 Å². The Morgan fingerprint density at radius 1 is 0.846 bits per heavy atom. The fourth-order valence-electron chi connectivity index (χ4n) is 3.61. The van der Waals surface area contributed by atoms with E-state index in [9.17, 15) is 9.90 Å². The number of piperazine rings is 1. The number of amides is 1. The van der Waals surface area contributed by atoms with Crippen LogP contribution in [0, 0.1) is 0 Å². The van der Waals surface area contributed by atoms with Gasteiger partial charge in [0.25, 0.3) is 5.91 Å². The molecule has 1 aliphatic heterocycles. The lowest BCUT2D eigenvalue weighted by molar-refractivity contribution is 0.0626. The smallest absolute Gasteiger partial charge is 0.257 e. The van der Waals surface area contributed by atoms with Crippen molar-refractivity contribution in [2.75, 3.05) is 26.2 Å². The molecule has 3 aromatic rings. The van der Waals surface area contributed by atoms with Crippen LogP contribution in [0.4, 0.5) is 0 Å². The largest absolute Gasteiger partial charge is 0.507 e. The van der Waals surface area contributed by atoms with Crippen LogP contribution in [0.25, 0.3) is 10.8 Å². The summed E-state index contributed by atoms with van der Waals surface area (Å²) in [5, 5.41) is 12.5. The minimum atomic E-state index is -0.0899. The molecule has 0 radical (unpaired) electrons. The van der Waals surface area contributed by atoms with Crippen LogP contribution in [0.1, 0.15) is 15.9 Å². The minimum absolute atomic E-state index is 0.0516. The highest BCUT2D eigenvalue weighted by Crippen LogP contribution is 2.22. The van der Waals surface area contributed by atoms with E-state index in [0.717, 1.165) is 19.6 Å². The molecule has 0 aromatic heterocycles. The second kappa shape index (κ2) is 7.18. The van der Waals surface area contributed by atoms with Crippen LogP contribution >= 0.6 is 0 Å². The van der Waals surface area contributed by atoms with E-state index >= 15 is 0 Å². The maximum Gasteiger partial charge on any atom is 0.257 e. The Bertz CT molecular complexity index is 925. The van der Waals surface area contributed by atoms with E-state index in [2.05, 4.69) is 47.4 Å². The predicted molar refractivity (Wildman–Crippen MR) is 103 cm³/mol. The molecule has 1 amide bonds. The first-order valence-electron chi connectivity index (χ1n) is 8.98. The third kappa shape index (κ3) is 3.28. The molecule has 4 heteroatoms. The van der Waals surface area contributed by atoms with Gasteiger partial charge in [-0.3, -0.25) is 9.69 Å². The molecule has 4 nitrogen and oxygen atoms in total. The Hall–Kier alpha value is -2.85. The number of para-hydroxylation sites is 1. The lowest BCUT2D eigenvalue weighted by Crippen LogP contribution is -2.48. The van der Waals surface area contributed by atoms with E-state index in [1.807, 2.05) is 4.90 Å². The molecule has 4 rings (SSSR count). The highest BCUT2D eigenvalue weighted by molar-refractivity contribution is 5.96. The molecular formula is C22H22N2O2. The zero-order valence-corrected chi connectivity index (χ0v) is 14.6. The monoisotopic (exact) mass is 346 g/mol. The molecule has 0 atom stereocenters. The number of nitrogens with zero attached hydrogens (tertiary/aromatic N) is 2. The summed E-state index contributed by atoms with van der Waals surface area (Å²) >= 11 is 0. The van der Waals surface area contributed by atoms with Crippen molar-refractivity contribution in [1.29, 1.82) is 0 Å². The first-order chi connectivity index (χ1) is 12.7. The number of benzene rings is 3. The summed E-state index contributed by atoms with van der Waals surface area (Å²) in [6.07, 6.45) is 0. The van der Waals surface area contributed by atoms with Crippen LogP contribution < -0.4 is 0 Å². The van der Waals surface area contributed by atoms with Gasteiger partial charge in [-0.15, -0.1) is 0 Å². The molecule has 1 saturated heterocycles. The van der Waals surface area contributed by atoms with Crippen molar-refractivity contribution < 1.29 is 9.90 Å². The molecule has 3 aromatic carbocycles. The molecule has 26 heavy (non-hydrogen) atoms. The topological polar surface area (TPSA) is 43.8 Å². The lowest BCUT2D eigenvalue weighted by atomic mass is 10.0. The molecule has 0 bridgehead atoms. The predicted octanol–water partition coefficient (Wildman–Crippen LogP) is 3.50. The van der Waals surface area contributed by atoms with E-state index in [1.54, 1.807) is 24.3 Å². The van der Waals surface area contributed by atoms with Crippen LogP contribution in [0.3, 0.4) is 0 Å². The quantitative estimate of drug-likeness (QED) is 0.789. The summed E-state index contributed by atoms with van der Waals surface area (Å²) in [7, 11) is 0. The molecule has 1 fully saturated rings. The van der Waals surface area contributed by atoms with Gasteiger partial charge in [-0.05, 0) is 28.5 Å². The van der Waals surface area contributed by atoms with E-state index in [1.165, 1.54) is 16.3 Å². The Labute approximate surface area is 153 Å². The molecule has 1 aliphatic rings. The number of hydrogen-bond acceptors (Lipinski definition) is 3. The highest BCUT2D eigenvalue weighted by Gasteiger charge is 2.23. The number of fused-ring (bicyclic) bond motifs is 1. The second-order valence-electron chi connectivity index (χ2n) is 6.72.